The van der Waals surface area contributed by atoms with Crippen molar-refractivity contribution in [3.63, 3.8) is 0 Å². The van der Waals surface area contributed by atoms with E-state index in [-0.39, 0.29) is 25.3 Å². The fourth-order valence-corrected chi connectivity index (χ4v) is 7.03. The Bertz CT molecular complexity index is 1060. The first-order valence-electron chi connectivity index (χ1n) is 12.4. The van der Waals surface area contributed by atoms with Gasteiger partial charge in [-0.3, -0.25) is 9.88 Å². The van der Waals surface area contributed by atoms with Gasteiger partial charge >= 0.3 is 11.9 Å². The topological polar surface area (TPSA) is 100 Å². The van der Waals surface area contributed by atoms with Gasteiger partial charge in [-0.15, -0.1) is 0 Å². The number of nitrogens with one attached hydrogen (secondary N) is 1. The second-order valence-electron chi connectivity index (χ2n) is 10.7. The summed E-state index contributed by atoms with van der Waals surface area (Å²) in [4.78, 5) is 24.6. The summed E-state index contributed by atoms with van der Waals surface area (Å²) in [6.07, 6.45) is 2.70. The molecular formula is C26H42NO7PSi. The number of hydrogen-bond donors (Lipinski definition) is 1. The number of methoxy groups -OCH3 is 1. The lowest BCUT2D eigenvalue weighted by molar-refractivity contribution is -0.144. The van der Waals surface area contributed by atoms with E-state index in [1.807, 2.05) is 19.9 Å². The van der Waals surface area contributed by atoms with E-state index in [2.05, 4.69) is 24.7 Å². The van der Waals surface area contributed by atoms with Crippen LogP contribution < -0.4 is 14.6 Å². The third-order valence-electron chi connectivity index (χ3n) is 6.04. The van der Waals surface area contributed by atoms with Gasteiger partial charge in [-0.05, 0) is 45.7 Å². The first-order valence-corrected chi connectivity index (χ1v) is 18.4. The molecule has 1 aromatic carbocycles. The lowest BCUT2D eigenvalue weighted by Gasteiger charge is -2.22. The molecule has 0 saturated heterocycles. The smallest absolute Gasteiger partial charge is 0.342 e. The number of fused-ring (bicyclic) bond motifs is 1. The van der Waals surface area contributed by atoms with Crippen LogP contribution in [0.15, 0.2) is 11.6 Å². The molecule has 0 spiro atoms. The van der Waals surface area contributed by atoms with Crippen LogP contribution in [-0.4, -0.2) is 59.2 Å². The molecule has 202 valence electrons. The molecule has 0 amide bonds. The van der Waals surface area contributed by atoms with Gasteiger partial charge < -0.3 is 23.5 Å². The Labute approximate surface area is 216 Å². The van der Waals surface area contributed by atoms with Crippen LogP contribution >= 0.6 is 7.29 Å². The van der Waals surface area contributed by atoms with E-state index in [4.69, 9.17) is 18.9 Å². The average Bonchev–Trinajstić information content (AvgIpc) is 3.14. The van der Waals surface area contributed by atoms with Gasteiger partial charge in [0, 0.05) is 32.0 Å². The molecule has 2 atom stereocenters. The van der Waals surface area contributed by atoms with Gasteiger partial charge in [0.15, 0.2) is 0 Å². The predicted molar refractivity (Wildman–Crippen MR) is 146 cm³/mol. The van der Waals surface area contributed by atoms with Crippen molar-refractivity contribution in [2.24, 2.45) is 0 Å². The molecule has 0 radical (unpaired) electrons. The summed E-state index contributed by atoms with van der Waals surface area (Å²) in [6.45, 7) is 16.7. The second-order valence-corrected chi connectivity index (χ2v) is 19.1. The molecule has 1 N–H and O–H groups in total. The molecule has 1 aromatic rings. The normalized spacial score (nSPS) is 16.1. The van der Waals surface area contributed by atoms with Crippen LogP contribution in [0.25, 0.3) is 0 Å². The molecule has 0 fully saturated rings. The number of hydrogen-bond acceptors (Lipinski definition) is 7. The molecule has 10 heteroatoms. The fourth-order valence-electron chi connectivity index (χ4n) is 4.22. The number of ether oxygens (including phenoxy) is 4. The van der Waals surface area contributed by atoms with Gasteiger partial charge in [-0.2, -0.15) is 0 Å². The molecule has 2 rings (SSSR count). The Balaban J connectivity index is 2.34. The van der Waals surface area contributed by atoms with E-state index in [0.29, 0.717) is 30.1 Å². The maximum absolute atomic E-state index is 13.2. The van der Waals surface area contributed by atoms with Crippen molar-refractivity contribution in [2.45, 2.75) is 72.4 Å². The summed E-state index contributed by atoms with van der Waals surface area (Å²) in [7, 11) is -2.59. The van der Waals surface area contributed by atoms with E-state index in [0.717, 1.165) is 28.3 Å². The quantitative estimate of drug-likeness (QED) is 0.155. The van der Waals surface area contributed by atoms with Gasteiger partial charge in [0.05, 0.1) is 20.3 Å². The maximum Gasteiger partial charge on any atom is 0.342 e. The molecule has 1 heterocycles. The SMILES string of the molecule is CCOC(=O)[C@H](C)NP(C)(=O)C/C(C)=C/Cc1c(OC)c(C)c2c(c1OCC[Si](C)(C)C)C(=O)OC2. The lowest BCUT2D eigenvalue weighted by atomic mass is 9.95. The number of carbonyl (C=O) groups excluding carboxylic acids is 2. The van der Waals surface area contributed by atoms with Crippen LogP contribution in [0, 0.1) is 6.92 Å². The minimum Gasteiger partial charge on any atom is -0.496 e. The minimum atomic E-state index is -2.85. The highest BCUT2D eigenvalue weighted by Crippen LogP contribution is 2.44. The Morgan fingerprint density at radius 3 is 2.53 bits per heavy atom. The summed E-state index contributed by atoms with van der Waals surface area (Å²) in [6, 6.07) is 0.287. The van der Waals surface area contributed by atoms with Gasteiger partial charge in [-0.25, -0.2) is 4.79 Å². The second kappa shape index (κ2) is 12.4. The number of cyclic esters (lactones) is 1. The Kier molecular flexibility index (Phi) is 10.4. The third-order valence-corrected chi connectivity index (χ3v) is 9.78. The largest absolute Gasteiger partial charge is 0.496 e. The van der Waals surface area contributed by atoms with Crippen molar-refractivity contribution in [2.75, 3.05) is 33.2 Å². The number of allylic oxidation sites excluding steroid dienone is 2. The zero-order valence-corrected chi connectivity index (χ0v) is 25.1. The van der Waals surface area contributed by atoms with Crippen LogP contribution in [0.2, 0.25) is 25.7 Å². The van der Waals surface area contributed by atoms with E-state index >= 15 is 0 Å². The Morgan fingerprint density at radius 2 is 1.94 bits per heavy atom. The monoisotopic (exact) mass is 539 g/mol. The van der Waals surface area contributed by atoms with Gasteiger partial charge in [0.1, 0.15) is 37.0 Å². The molecule has 0 aliphatic carbocycles. The van der Waals surface area contributed by atoms with Crippen LogP contribution in [0.5, 0.6) is 11.5 Å². The molecule has 0 saturated carbocycles. The molecule has 0 aromatic heterocycles. The van der Waals surface area contributed by atoms with Crippen molar-refractivity contribution in [1.82, 2.24) is 5.09 Å². The summed E-state index contributed by atoms with van der Waals surface area (Å²) in [5.41, 5.74) is 3.82. The van der Waals surface area contributed by atoms with Crippen molar-refractivity contribution in [1.29, 1.82) is 0 Å². The molecule has 36 heavy (non-hydrogen) atoms. The van der Waals surface area contributed by atoms with Gasteiger partial charge in [0.25, 0.3) is 0 Å². The number of carbonyl (C=O) groups is 2. The van der Waals surface area contributed by atoms with Crippen molar-refractivity contribution >= 4 is 27.3 Å². The van der Waals surface area contributed by atoms with Gasteiger partial charge in [0.2, 0.25) is 0 Å². The summed E-state index contributed by atoms with van der Waals surface area (Å²) >= 11 is 0. The van der Waals surface area contributed by atoms with E-state index < -0.39 is 27.4 Å². The summed E-state index contributed by atoms with van der Waals surface area (Å²) in [5, 5.41) is 2.93. The maximum atomic E-state index is 13.2. The fraction of sp³-hybridized carbons (Fsp3) is 0.615. The van der Waals surface area contributed by atoms with E-state index in [1.165, 1.54) is 0 Å². The molecule has 1 aliphatic heterocycles. The minimum absolute atomic E-state index is 0.208. The van der Waals surface area contributed by atoms with E-state index in [9.17, 15) is 14.2 Å². The Hall–Kier alpha value is -2.09. The molecule has 0 bridgehead atoms. The van der Waals surface area contributed by atoms with Crippen LogP contribution in [0.4, 0.5) is 0 Å². The highest BCUT2D eigenvalue weighted by molar-refractivity contribution is 7.61. The first kappa shape index (κ1) is 30.1. The molecule has 8 nitrogen and oxygen atoms in total. The standard InChI is InChI=1S/C26H42NO7PSi/c1-10-32-25(28)19(4)27-35(6,30)16-17(2)11-12-20-23(31-5)18(3)21-15-34-26(29)22(21)24(20)33-13-14-36(7,8)9/h11,19H,10,12-16H2,1-9H3,(H,27,30)/b17-11+/t19-,35?/m0/s1. The third kappa shape index (κ3) is 7.95. The average molecular weight is 540 g/mol. The Morgan fingerprint density at radius 1 is 1.28 bits per heavy atom. The zero-order valence-electron chi connectivity index (χ0n) is 23.2. The van der Waals surface area contributed by atoms with E-state index in [1.54, 1.807) is 27.6 Å². The van der Waals surface area contributed by atoms with Crippen LogP contribution in [-0.2, 0) is 31.9 Å². The summed E-state index contributed by atoms with van der Waals surface area (Å²) < 4.78 is 35.6. The van der Waals surface area contributed by atoms with Crippen LogP contribution in [0.3, 0.4) is 0 Å². The zero-order chi connectivity index (χ0) is 27.3. The van der Waals surface area contributed by atoms with Crippen molar-refractivity contribution in [3.05, 3.63) is 33.9 Å². The lowest BCUT2D eigenvalue weighted by Crippen LogP contribution is -2.33. The van der Waals surface area contributed by atoms with Crippen LogP contribution in [0.1, 0.15) is 47.8 Å². The molecular weight excluding hydrogens is 497 g/mol. The number of esters is 2. The highest BCUT2D eigenvalue weighted by Gasteiger charge is 2.33. The number of benzene rings is 1. The van der Waals surface area contributed by atoms with Crippen molar-refractivity contribution in [3.8, 4) is 11.5 Å². The summed E-state index contributed by atoms with van der Waals surface area (Å²) in [5.74, 6) is 0.390. The first-order chi connectivity index (χ1) is 16.7. The number of rotatable bonds is 13. The van der Waals surface area contributed by atoms with Gasteiger partial charge in [-0.1, -0.05) is 31.3 Å². The predicted octanol–water partition coefficient (Wildman–Crippen LogP) is 5.33. The molecule has 1 unspecified atom stereocenters. The highest BCUT2D eigenvalue weighted by atomic mass is 31.2. The van der Waals surface area contributed by atoms with Crippen molar-refractivity contribution < 1.29 is 33.1 Å². The molecule has 1 aliphatic rings.